The van der Waals surface area contributed by atoms with Crippen LogP contribution in [0.15, 0.2) is 40.9 Å². The molecule has 31 heavy (non-hydrogen) atoms. The summed E-state index contributed by atoms with van der Waals surface area (Å²) in [6.45, 7) is 9.95. The molecule has 4 atom stereocenters. The van der Waals surface area contributed by atoms with E-state index in [0.717, 1.165) is 11.3 Å². The largest absolute Gasteiger partial charge is 0.391 e. The topological polar surface area (TPSA) is 95.7 Å². The number of hydrogen-bond acceptors (Lipinski definition) is 5. The van der Waals surface area contributed by atoms with Crippen LogP contribution in [-0.4, -0.2) is 45.7 Å². The third kappa shape index (κ3) is 5.15. The van der Waals surface area contributed by atoms with Gasteiger partial charge in [-0.3, -0.25) is 9.59 Å². The van der Waals surface area contributed by atoms with Crippen molar-refractivity contribution in [2.24, 2.45) is 5.92 Å². The van der Waals surface area contributed by atoms with Crippen molar-refractivity contribution in [2.75, 3.05) is 6.54 Å². The van der Waals surface area contributed by atoms with Crippen LogP contribution in [0.2, 0.25) is 0 Å². The first-order chi connectivity index (χ1) is 14.7. The van der Waals surface area contributed by atoms with Gasteiger partial charge in [-0.2, -0.15) is 0 Å². The number of rotatable bonds is 7. The van der Waals surface area contributed by atoms with E-state index in [4.69, 9.17) is 4.52 Å². The average Bonchev–Trinajstić information content (AvgIpc) is 3.35. The summed E-state index contributed by atoms with van der Waals surface area (Å²) >= 11 is 0. The predicted molar refractivity (Wildman–Crippen MR) is 117 cm³/mol. The molecule has 0 radical (unpaired) electrons. The average molecular weight is 428 g/mol. The Kier molecular flexibility index (Phi) is 7.15. The molecular formula is C24H33N3O4. The first-order valence-corrected chi connectivity index (χ1v) is 11.0. The van der Waals surface area contributed by atoms with Crippen molar-refractivity contribution in [1.82, 2.24) is 15.4 Å². The molecule has 1 aromatic carbocycles. The molecule has 1 saturated heterocycles. The summed E-state index contributed by atoms with van der Waals surface area (Å²) in [4.78, 5) is 28.1. The van der Waals surface area contributed by atoms with Gasteiger partial charge in [0.15, 0.2) is 0 Å². The maximum atomic E-state index is 13.5. The van der Waals surface area contributed by atoms with Crippen molar-refractivity contribution in [3.63, 3.8) is 0 Å². The smallest absolute Gasteiger partial charge is 0.243 e. The van der Waals surface area contributed by atoms with Crippen molar-refractivity contribution in [3.05, 3.63) is 53.4 Å². The van der Waals surface area contributed by atoms with Crippen molar-refractivity contribution in [2.45, 2.75) is 71.1 Å². The molecule has 0 aliphatic carbocycles. The van der Waals surface area contributed by atoms with Gasteiger partial charge >= 0.3 is 0 Å². The van der Waals surface area contributed by atoms with Crippen LogP contribution in [0.25, 0.3) is 0 Å². The van der Waals surface area contributed by atoms with Gasteiger partial charge in [0, 0.05) is 19.0 Å². The molecule has 1 aliphatic rings. The highest BCUT2D eigenvalue weighted by Gasteiger charge is 2.43. The van der Waals surface area contributed by atoms with E-state index >= 15 is 0 Å². The van der Waals surface area contributed by atoms with E-state index in [1.165, 1.54) is 4.90 Å². The van der Waals surface area contributed by atoms with Crippen LogP contribution in [-0.2, 0) is 9.59 Å². The van der Waals surface area contributed by atoms with E-state index in [1.54, 1.807) is 0 Å². The quantitative estimate of drug-likeness (QED) is 0.706. The fourth-order valence-corrected chi connectivity index (χ4v) is 4.08. The van der Waals surface area contributed by atoms with Gasteiger partial charge in [-0.1, -0.05) is 63.2 Å². The molecule has 1 aromatic heterocycles. The first-order valence-electron chi connectivity index (χ1n) is 11.0. The fraction of sp³-hybridized carbons (Fsp3) is 0.542. The molecule has 2 aromatic rings. The molecule has 2 heterocycles. The lowest BCUT2D eigenvalue weighted by Crippen LogP contribution is -2.48. The molecule has 2 amide bonds. The third-order valence-corrected chi connectivity index (χ3v) is 5.90. The minimum absolute atomic E-state index is 0.0508. The van der Waals surface area contributed by atoms with Gasteiger partial charge < -0.3 is 19.8 Å². The van der Waals surface area contributed by atoms with Crippen molar-refractivity contribution in [1.29, 1.82) is 0 Å². The summed E-state index contributed by atoms with van der Waals surface area (Å²) in [5.74, 6) is -0.402. The van der Waals surface area contributed by atoms with Crippen molar-refractivity contribution < 1.29 is 19.2 Å². The lowest BCUT2D eigenvalue weighted by molar-refractivity contribution is -0.141. The van der Waals surface area contributed by atoms with Gasteiger partial charge in [-0.15, -0.1) is 0 Å². The second kappa shape index (κ2) is 9.64. The monoisotopic (exact) mass is 427 g/mol. The molecule has 2 N–H and O–H groups in total. The zero-order chi connectivity index (χ0) is 22.7. The van der Waals surface area contributed by atoms with Crippen molar-refractivity contribution in [3.8, 4) is 0 Å². The number of nitrogens with zero attached hydrogens (tertiary/aromatic N) is 2. The number of aliphatic hydroxyl groups excluding tert-OH is 1. The molecule has 1 aliphatic heterocycles. The summed E-state index contributed by atoms with van der Waals surface area (Å²) in [5.41, 5.74) is 1.77. The van der Waals surface area contributed by atoms with Gasteiger partial charge in [-0.25, -0.2) is 0 Å². The number of amides is 2. The number of β-amino-alcohol motifs (C(OH)–C–C–N with tert-alkyl or cyclic N) is 1. The molecule has 7 nitrogen and oxygen atoms in total. The van der Waals surface area contributed by atoms with Crippen molar-refractivity contribution >= 4 is 11.8 Å². The number of hydrogen-bond donors (Lipinski definition) is 2. The first kappa shape index (κ1) is 23.0. The molecule has 1 fully saturated rings. The zero-order valence-electron chi connectivity index (χ0n) is 18.9. The van der Waals surface area contributed by atoms with Crippen LogP contribution in [0.3, 0.4) is 0 Å². The molecule has 0 saturated carbocycles. The summed E-state index contributed by atoms with van der Waals surface area (Å²) in [7, 11) is 0. The lowest BCUT2D eigenvalue weighted by atomic mass is 9.90. The Labute approximate surface area is 183 Å². The second-order valence-electron chi connectivity index (χ2n) is 9.07. The number of aromatic nitrogens is 1. The molecule has 3 rings (SSSR count). The Hall–Kier alpha value is -2.67. The molecular weight excluding hydrogens is 394 g/mol. The Morgan fingerprint density at radius 2 is 1.84 bits per heavy atom. The summed E-state index contributed by atoms with van der Waals surface area (Å²) in [6, 6.07) is 10.6. The summed E-state index contributed by atoms with van der Waals surface area (Å²) < 4.78 is 5.51. The van der Waals surface area contributed by atoms with Crippen LogP contribution in [0.4, 0.5) is 0 Å². The third-order valence-electron chi connectivity index (χ3n) is 5.90. The van der Waals surface area contributed by atoms with Gasteiger partial charge in [0.25, 0.3) is 0 Å². The second-order valence-corrected chi connectivity index (χ2v) is 9.07. The number of carbonyl (C=O) groups is 2. The normalized spacial score (nSPS) is 20.8. The maximum Gasteiger partial charge on any atom is 0.243 e. The van der Waals surface area contributed by atoms with Gasteiger partial charge in [0.2, 0.25) is 11.8 Å². The highest BCUT2D eigenvalue weighted by Crippen LogP contribution is 2.32. The SMILES string of the molecule is CC(C)c1cc([C@H](C(=O)N2C[C@H](O)C[C@H]2C(=O)N[C@H](C)c2ccccc2)C(C)C)on1. The van der Waals surface area contributed by atoms with E-state index in [1.807, 2.05) is 71.0 Å². The van der Waals surface area contributed by atoms with Gasteiger partial charge in [0.05, 0.1) is 17.8 Å². The number of carbonyl (C=O) groups excluding carboxylic acids is 2. The standard InChI is InChI=1S/C24H33N3O4/c1-14(2)19-12-21(31-26-19)22(15(3)4)24(30)27-13-18(28)11-20(27)23(29)25-16(5)17-9-7-6-8-10-17/h6-10,12,14-16,18,20,22,28H,11,13H2,1-5H3,(H,25,29)/t16-,18-,20+,22-/m1/s1. The Morgan fingerprint density at radius 1 is 1.16 bits per heavy atom. The minimum Gasteiger partial charge on any atom is -0.391 e. The van der Waals surface area contributed by atoms with E-state index in [-0.39, 0.29) is 42.7 Å². The Morgan fingerprint density at radius 3 is 2.42 bits per heavy atom. The lowest BCUT2D eigenvalue weighted by Gasteiger charge is -2.29. The van der Waals surface area contributed by atoms with Crippen LogP contribution in [0.1, 0.15) is 75.9 Å². The van der Waals surface area contributed by atoms with E-state index in [9.17, 15) is 14.7 Å². The molecule has 0 bridgehead atoms. The van der Waals surface area contributed by atoms with E-state index < -0.39 is 18.1 Å². The van der Waals surface area contributed by atoms with Crippen LogP contribution in [0.5, 0.6) is 0 Å². The number of nitrogens with one attached hydrogen (secondary N) is 1. The van der Waals surface area contributed by atoms with Gasteiger partial charge in [0.1, 0.15) is 17.7 Å². The zero-order valence-corrected chi connectivity index (χ0v) is 18.9. The highest BCUT2D eigenvalue weighted by molar-refractivity contribution is 5.91. The Balaban J connectivity index is 1.79. The van der Waals surface area contributed by atoms with Crippen LogP contribution in [0, 0.1) is 5.92 Å². The fourth-order valence-electron chi connectivity index (χ4n) is 4.08. The molecule has 0 unspecified atom stereocenters. The summed E-state index contributed by atoms with van der Waals surface area (Å²) in [5, 5.41) is 17.4. The van der Waals surface area contributed by atoms with E-state index in [2.05, 4.69) is 10.5 Å². The molecule has 0 spiro atoms. The number of benzene rings is 1. The molecule has 168 valence electrons. The number of likely N-dealkylation sites (tertiary alicyclic amines) is 1. The highest BCUT2D eigenvalue weighted by atomic mass is 16.5. The number of aliphatic hydroxyl groups is 1. The summed E-state index contributed by atoms with van der Waals surface area (Å²) in [6.07, 6.45) is -0.516. The van der Waals surface area contributed by atoms with Crippen LogP contribution >= 0.6 is 0 Å². The maximum absolute atomic E-state index is 13.5. The van der Waals surface area contributed by atoms with Gasteiger partial charge in [-0.05, 0) is 24.3 Å². The van der Waals surface area contributed by atoms with Crippen LogP contribution < -0.4 is 5.32 Å². The Bertz CT molecular complexity index is 893. The predicted octanol–water partition coefficient (Wildman–Crippen LogP) is 3.38. The van der Waals surface area contributed by atoms with E-state index in [0.29, 0.717) is 5.76 Å². The minimum atomic E-state index is -0.736. The molecule has 7 heteroatoms.